The molecule has 2 aliphatic rings. The Morgan fingerprint density at radius 3 is 2.95 bits per heavy atom. The molecule has 2 aliphatic carbocycles. The van der Waals surface area contributed by atoms with Crippen molar-refractivity contribution >= 4 is 17.0 Å². The van der Waals surface area contributed by atoms with E-state index in [9.17, 15) is 5.11 Å². The van der Waals surface area contributed by atoms with E-state index < -0.39 is 11.6 Å². The second-order valence-electron chi connectivity index (χ2n) is 6.11. The van der Waals surface area contributed by atoms with Crippen molar-refractivity contribution in [2.24, 2.45) is 11.8 Å². The standard InChI is InChI=1S/C14H19N5O3/c1-21-4-7-8-3-14(8,11(20)10(7)22-2)19-6-18-9-12(15)16-5-17-13(9)19/h5-8,10-11,20H,3-4H2,1-2H3,(H2,15,16,17). The van der Waals surface area contributed by atoms with Gasteiger partial charge in [-0.15, -0.1) is 0 Å². The maximum absolute atomic E-state index is 10.8. The summed E-state index contributed by atoms with van der Waals surface area (Å²) in [6.07, 6.45) is 3.09. The van der Waals surface area contributed by atoms with Crippen molar-refractivity contribution in [2.45, 2.75) is 24.2 Å². The van der Waals surface area contributed by atoms with E-state index in [4.69, 9.17) is 15.2 Å². The number of anilines is 1. The lowest BCUT2D eigenvalue weighted by Gasteiger charge is -2.27. The van der Waals surface area contributed by atoms with Gasteiger partial charge in [-0.25, -0.2) is 15.0 Å². The number of aliphatic hydroxyl groups excluding tert-OH is 1. The SMILES string of the molecule is COCC1C(OC)C(O)C2(n3cnc4c(N)ncnc43)CC12. The summed E-state index contributed by atoms with van der Waals surface area (Å²) < 4.78 is 12.8. The molecule has 5 unspecified atom stereocenters. The van der Waals surface area contributed by atoms with Gasteiger partial charge >= 0.3 is 0 Å². The molecule has 4 rings (SSSR count). The second-order valence-corrected chi connectivity index (χ2v) is 6.11. The van der Waals surface area contributed by atoms with E-state index in [1.807, 2.05) is 4.57 Å². The molecule has 0 radical (unpaired) electrons. The predicted molar refractivity (Wildman–Crippen MR) is 78.0 cm³/mol. The normalized spacial score (nSPS) is 36.7. The average molecular weight is 305 g/mol. The largest absolute Gasteiger partial charge is 0.388 e. The minimum atomic E-state index is -0.628. The van der Waals surface area contributed by atoms with Gasteiger partial charge in [0.25, 0.3) is 0 Å². The Hall–Kier alpha value is -1.77. The van der Waals surface area contributed by atoms with Crippen molar-refractivity contribution in [3.8, 4) is 0 Å². The van der Waals surface area contributed by atoms with Crippen LogP contribution in [-0.2, 0) is 15.0 Å². The smallest absolute Gasteiger partial charge is 0.166 e. The zero-order valence-electron chi connectivity index (χ0n) is 12.5. The number of fused-ring (bicyclic) bond motifs is 2. The van der Waals surface area contributed by atoms with Crippen LogP contribution in [0.15, 0.2) is 12.7 Å². The molecule has 0 aliphatic heterocycles. The van der Waals surface area contributed by atoms with E-state index >= 15 is 0 Å². The lowest BCUT2D eigenvalue weighted by molar-refractivity contribution is -0.0561. The third kappa shape index (κ3) is 1.54. The number of ether oxygens (including phenoxy) is 2. The molecule has 0 amide bonds. The van der Waals surface area contributed by atoms with Crippen LogP contribution in [0.2, 0.25) is 0 Å². The lowest BCUT2D eigenvalue weighted by Crippen LogP contribution is -2.40. The van der Waals surface area contributed by atoms with Gasteiger partial charge in [0.15, 0.2) is 11.5 Å². The summed E-state index contributed by atoms with van der Waals surface area (Å²) in [5.74, 6) is 0.782. The first kappa shape index (κ1) is 13.9. The van der Waals surface area contributed by atoms with Gasteiger partial charge < -0.3 is 24.9 Å². The van der Waals surface area contributed by atoms with Crippen LogP contribution in [0, 0.1) is 11.8 Å². The van der Waals surface area contributed by atoms with Crippen molar-refractivity contribution in [3.63, 3.8) is 0 Å². The Morgan fingerprint density at radius 2 is 2.23 bits per heavy atom. The lowest BCUT2D eigenvalue weighted by atomic mass is 10.0. The number of rotatable bonds is 4. The fourth-order valence-corrected chi connectivity index (χ4v) is 4.19. The number of aliphatic hydroxyl groups is 1. The van der Waals surface area contributed by atoms with Gasteiger partial charge in [-0.2, -0.15) is 0 Å². The number of hydrogen-bond donors (Lipinski definition) is 2. The minimum Gasteiger partial charge on any atom is -0.388 e. The van der Waals surface area contributed by atoms with Crippen LogP contribution in [0.1, 0.15) is 6.42 Å². The highest BCUT2D eigenvalue weighted by atomic mass is 16.5. The van der Waals surface area contributed by atoms with E-state index in [1.165, 1.54) is 6.33 Å². The van der Waals surface area contributed by atoms with Crippen molar-refractivity contribution in [2.75, 3.05) is 26.6 Å². The molecular formula is C14H19N5O3. The average Bonchev–Trinajstić information content (AvgIpc) is 3.02. The van der Waals surface area contributed by atoms with Gasteiger partial charge in [0.05, 0.1) is 24.6 Å². The van der Waals surface area contributed by atoms with E-state index in [-0.39, 0.29) is 17.9 Å². The molecule has 2 fully saturated rings. The first-order chi connectivity index (χ1) is 10.6. The van der Waals surface area contributed by atoms with Crippen LogP contribution in [0.5, 0.6) is 0 Å². The van der Waals surface area contributed by atoms with E-state index in [0.717, 1.165) is 6.42 Å². The first-order valence-corrected chi connectivity index (χ1v) is 7.29. The summed E-state index contributed by atoms with van der Waals surface area (Å²) in [6.45, 7) is 0.561. The highest BCUT2D eigenvalue weighted by molar-refractivity contribution is 5.81. The van der Waals surface area contributed by atoms with Crippen LogP contribution in [0.25, 0.3) is 11.2 Å². The molecule has 22 heavy (non-hydrogen) atoms. The number of methoxy groups -OCH3 is 2. The molecule has 2 heterocycles. The molecule has 0 bridgehead atoms. The number of imidazole rings is 1. The summed E-state index contributed by atoms with van der Waals surface area (Å²) in [7, 11) is 3.29. The van der Waals surface area contributed by atoms with E-state index in [1.54, 1.807) is 20.5 Å². The van der Waals surface area contributed by atoms with Crippen molar-refractivity contribution < 1.29 is 14.6 Å². The van der Waals surface area contributed by atoms with Gasteiger partial charge in [0, 0.05) is 20.1 Å². The summed E-state index contributed by atoms with van der Waals surface area (Å²) in [5, 5.41) is 10.8. The highest BCUT2D eigenvalue weighted by Crippen LogP contribution is 2.65. The van der Waals surface area contributed by atoms with Gasteiger partial charge in [-0.1, -0.05) is 0 Å². The third-order valence-electron chi connectivity index (χ3n) is 5.23. The molecule has 5 atom stereocenters. The highest BCUT2D eigenvalue weighted by Gasteiger charge is 2.72. The summed E-state index contributed by atoms with van der Waals surface area (Å²) >= 11 is 0. The Bertz CT molecular complexity index is 720. The van der Waals surface area contributed by atoms with Crippen LogP contribution < -0.4 is 5.73 Å². The molecule has 118 valence electrons. The molecule has 2 aromatic heterocycles. The van der Waals surface area contributed by atoms with Crippen molar-refractivity contribution in [3.05, 3.63) is 12.7 Å². The number of hydrogen-bond acceptors (Lipinski definition) is 7. The fraction of sp³-hybridized carbons (Fsp3) is 0.643. The Balaban J connectivity index is 1.81. The van der Waals surface area contributed by atoms with Gasteiger partial charge in [-0.05, 0) is 12.3 Å². The van der Waals surface area contributed by atoms with Gasteiger partial charge in [0.1, 0.15) is 17.9 Å². The number of nitrogens with two attached hydrogens (primary N) is 1. The summed E-state index contributed by atoms with van der Waals surface area (Å²) in [6, 6.07) is 0. The summed E-state index contributed by atoms with van der Waals surface area (Å²) in [4.78, 5) is 12.6. The Labute approximate surface area is 127 Å². The maximum Gasteiger partial charge on any atom is 0.166 e. The van der Waals surface area contributed by atoms with Crippen LogP contribution in [0.4, 0.5) is 5.82 Å². The Morgan fingerprint density at radius 1 is 1.41 bits per heavy atom. The van der Waals surface area contributed by atoms with E-state index in [2.05, 4.69) is 15.0 Å². The summed E-state index contributed by atoms with van der Waals surface area (Å²) in [5.41, 5.74) is 6.65. The monoisotopic (exact) mass is 305 g/mol. The number of nitrogens with zero attached hydrogens (tertiary/aromatic N) is 4. The van der Waals surface area contributed by atoms with Crippen LogP contribution in [0.3, 0.4) is 0 Å². The Kier molecular flexibility index (Phi) is 2.91. The molecule has 2 saturated carbocycles. The minimum absolute atomic E-state index is 0.154. The topological polar surface area (TPSA) is 108 Å². The quantitative estimate of drug-likeness (QED) is 0.803. The maximum atomic E-state index is 10.8. The number of nitrogen functional groups attached to an aromatic ring is 1. The fourth-order valence-electron chi connectivity index (χ4n) is 4.19. The molecule has 8 nitrogen and oxygen atoms in total. The van der Waals surface area contributed by atoms with E-state index in [0.29, 0.717) is 23.6 Å². The molecule has 3 N–H and O–H groups in total. The predicted octanol–water partition coefficient (Wildman–Crippen LogP) is -0.224. The number of aromatic nitrogens is 4. The molecule has 2 aromatic rings. The molecular weight excluding hydrogens is 286 g/mol. The molecule has 8 heteroatoms. The third-order valence-corrected chi connectivity index (χ3v) is 5.23. The van der Waals surface area contributed by atoms with Gasteiger partial charge in [-0.3, -0.25) is 0 Å². The molecule has 0 aromatic carbocycles. The zero-order chi connectivity index (χ0) is 15.5. The van der Waals surface area contributed by atoms with Crippen molar-refractivity contribution in [1.82, 2.24) is 19.5 Å². The molecule has 0 spiro atoms. The van der Waals surface area contributed by atoms with Crippen molar-refractivity contribution in [1.29, 1.82) is 0 Å². The van der Waals surface area contributed by atoms with Crippen LogP contribution >= 0.6 is 0 Å². The molecule has 0 saturated heterocycles. The van der Waals surface area contributed by atoms with Gasteiger partial charge in [0.2, 0.25) is 0 Å². The first-order valence-electron chi connectivity index (χ1n) is 7.29. The zero-order valence-corrected chi connectivity index (χ0v) is 12.5. The van der Waals surface area contributed by atoms with Crippen LogP contribution in [-0.4, -0.2) is 57.7 Å². The second kappa shape index (κ2) is 4.61.